The fraction of sp³-hybridized carbons (Fsp3) is 0.409. The minimum atomic E-state index is -0.168. The molecule has 1 N–H and O–H groups in total. The molecule has 2 atom stereocenters. The number of carbonyl (C=O) groups is 1. The maximum Gasteiger partial charge on any atom is 0.409 e. The van der Waals surface area contributed by atoms with E-state index in [1.807, 2.05) is 4.90 Å². The zero-order valence-corrected chi connectivity index (χ0v) is 14.9. The molecule has 0 spiro atoms. The Bertz CT molecular complexity index is 789. The van der Waals surface area contributed by atoms with E-state index in [9.17, 15) is 4.79 Å². The highest BCUT2D eigenvalue weighted by Crippen LogP contribution is 2.44. The van der Waals surface area contributed by atoms with E-state index in [4.69, 9.17) is 4.74 Å². The number of ether oxygens (including phenoxy) is 1. The molecule has 5 rings (SSSR count). The normalized spacial score (nSPS) is 24.1. The van der Waals surface area contributed by atoms with Gasteiger partial charge in [-0.25, -0.2) is 4.79 Å². The molecule has 2 fully saturated rings. The molecule has 2 saturated heterocycles. The standard InChI is InChI=1S/C22H24N2O2/c25-22(24-12-10-15-9-11-23-21(15)13-24)26-14-20-18-7-3-1-5-16(18)17-6-2-4-8-19(17)20/h1-8,15,20-21,23H,9-14H2. The van der Waals surface area contributed by atoms with Gasteiger partial charge in [-0.05, 0) is 47.6 Å². The molecule has 2 heterocycles. The number of nitrogens with zero attached hydrogens (tertiary/aromatic N) is 1. The molecule has 0 aromatic heterocycles. The minimum absolute atomic E-state index is 0.133. The lowest BCUT2D eigenvalue weighted by atomic mass is 9.93. The number of amides is 1. The molecule has 3 aliphatic rings. The van der Waals surface area contributed by atoms with Crippen molar-refractivity contribution in [1.29, 1.82) is 0 Å². The van der Waals surface area contributed by atoms with E-state index in [0.29, 0.717) is 12.6 Å². The lowest BCUT2D eigenvalue weighted by Gasteiger charge is -2.34. The molecule has 26 heavy (non-hydrogen) atoms. The number of likely N-dealkylation sites (tertiary alicyclic amines) is 1. The quantitative estimate of drug-likeness (QED) is 0.901. The van der Waals surface area contributed by atoms with E-state index < -0.39 is 0 Å². The molecular weight excluding hydrogens is 324 g/mol. The predicted molar refractivity (Wildman–Crippen MR) is 101 cm³/mol. The third-order valence-electron chi connectivity index (χ3n) is 6.27. The van der Waals surface area contributed by atoms with Crippen LogP contribution < -0.4 is 5.32 Å². The lowest BCUT2D eigenvalue weighted by molar-refractivity contribution is 0.0813. The second-order valence-corrected chi connectivity index (χ2v) is 7.65. The number of piperidine rings is 1. The Morgan fingerprint density at radius 1 is 1.04 bits per heavy atom. The minimum Gasteiger partial charge on any atom is -0.448 e. The topological polar surface area (TPSA) is 41.6 Å². The Morgan fingerprint density at radius 3 is 2.46 bits per heavy atom. The maximum atomic E-state index is 12.6. The largest absolute Gasteiger partial charge is 0.448 e. The Labute approximate surface area is 154 Å². The van der Waals surface area contributed by atoms with Gasteiger partial charge in [0.1, 0.15) is 6.61 Å². The van der Waals surface area contributed by atoms with Crippen molar-refractivity contribution in [3.8, 4) is 11.1 Å². The van der Waals surface area contributed by atoms with E-state index in [-0.39, 0.29) is 12.0 Å². The van der Waals surface area contributed by atoms with Crippen LogP contribution in [0.15, 0.2) is 48.5 Å². The zero-order valence-electron chi connectivity index (χ0n) is 14.9. The molecule has 0 saturated carbocycles. The van der Waals surface area contributed by atoms with Crippen LogP contribution in [-0.2, 0) is 4.74 Å². The summed E-state index contributed by atoms with van der Waals surface area (Å²) in [5.74, 6) is 0.862. The number of hydrogen-bond donors (Lipinski definition) is 1. The van der Waals surface area contributed by atoms with Gasteiger partial charge in [0.05, 0.1) is 0 Å². The Balaban J connectivity index is 1.30. The highest BCUT2D eigenvalue weighted by Gasteiger charge is 2.35. The van der Waals surface area contributed by atoms with E-state index >= 15 is 0 Å². The SMILES string of the molecule is O=C(OCC1c2ccccc2-c2ccccc21)N1CCC2CCNC2C1. The lowest BCUT2D eigenvalue weighted by Crippen LogP contribution is -2.49. The predicted octanol–water partition coefficient (Wildman–Crippen LogP) is 3.62. The van der Waals surface area contributed by atoms with Crippen molar-refractivity contribution in [1.82, 2.24) is 10.2 Å². The smallest absolute Gasteiger partial charge is 0.409 e. The second kappa shape index (κ2) is 6.44. The van der Waals surface area contributed by atoms with Gasteiger partial charge in [-0.3, -0.25) is 0 Å². The van der Waals surface area contributed by atoms with Crippen LogP contribution in [0.5, 0.6) is 0 Å². The number of benzene rings is 2. The summed E-state index contributed by atoms with van der Waals surface area (Å²) in [6.45, 7) is 3.08. The molecule has 134 valence electrons. The summed E-state index contributed by atoms with van der Waals surface area (Å²) in [5.41, 5.74) is 5.05. The van der Waals surface area contributed by atoms with Crippen LogP contribution in [0.4, 0.5) is 4.79 Å². The van der Waals surface area contributed by atoms with E-state index in [0.717, 1.165) is 32.0 Å². The molecule has 0 bridgehead atoms. The van der Waals surface area contributed by atoms with Gasteiger partial charge in [-0.1, -0.05) is 48.5 Å². The van der Waals surface area contributed by atoms with Crippen molar-refractivity contribution in [3.05, 3.63) is 59.7 Å². The number of fused-ring (bicyclic) bond motifs is 4. The van der Waals surface area contributed by atoms with Crippen LogP contribution in [0, 0.1) is 5.92 Å². The molecule has 2 aromatic rings. The van der Waals surface area contributed by atoms with E-state index in [2.05, 4.69) is 53.8 Å². The molecule has 2 unspecified atom stereocenters. The first kappa shape index (κ1) is 15.9. The molecule has 2 aromatic carbocycles. The highest BCUT2D eigenvalue weighted by atomic mass is 16.6. The second-order valence-electron chi connectivity index (χ2n) is 7.65. The number of nitrogens with one attached hydrogen (secondary N) is 1. The summed E-state index contributed by atoms with van der Waals surface area (Å²) < 4.78 is 5.79. The van der Waals surface area contributed by atoms with Crippen LogP contribution >= 0.6 is 0 Å². The summed E-state index contributed by atoms with van der Waals surface area (Å²) in [6.07, 6.45) is 2.16. The van der Waals surface area contributed by atoms with Gasteiger partial charge in [0.15, 0.2) is 0 Å². The summed E-state index contributed by atoms with van der Waals surface area (Å²) in [4.78, 5) is 14.5. The molecule has 0 radical (unpaired) electrons. The third kappa shape index (κ3) is 2.60. The number of carbonyl (C=O) groups excluding carboxylic acids is 1. The average Bonchev–Trinajstić information content (AvgIpc) is 3.28. The van der Waals surface area contributed by atoms with Crippen LogP contribution in [-0.4, -0.2) is 43.3 Å². The molecule has 1 aliphatic carbocycles. The summed E-state index contributed by atoms with van der Waals surface area (Å²) in [6, 6.07) is 17.4. The van der Waals surface area contributed by atoms with Crippen molar-refractivity contribution >= 4 is 6.09 Å². The monoisotopic (exact) mass is 348 g/mol. The van der Waals surface area contributed by atoms with E-state index in [1.54, 1.807) is 0 Å². The fourth-order valence-electron chi connectivity index (χ4n) is 4.88. The van der Waals surface area contributed by atoms with Crippen LogP contribution in [0.1, 0.15) is 29.9 Å². The maximum absolute atomic E-state index is 12.6. The van der Waals surface area contributed by atoms with Crippen molar-refractivity contribution in [2.45, 2.75) is 24.8 Å². The first-order valence-electron chi connectivity index (χ1n) is 9.64. The molecule has 1 amide bonds. The van der Waals surface area contributed by atoms with Crippen molar-refractivity contribution in [2.75, 3.05) is 26.2 Å². The van der Waals surface area contributed by atoms with Crippen LogP contribution in [0.2, 0.25) is 0 Å². The fourth-order valence-corrected chi connectivity index (χ4v) is 4.88. The van der Waals surface area contributed by atoms with Gasteiger partial charge in [0, 0.05) is 25.0 Å². The van der Waals surface area contributed by atoms with Gasteiger partial charge in [-0.2, -0.15) is 0 Å². The Kier molecular flexibility index (Phi) is 3.93. The van der Waals surface area contributed by atoms with Crippen LogP contribution in [0.3, 0.4) is 0 Å². The first-order valence-corrected chi connectivity index (χ1v) is 9.64. The van der Waals surface area contributed by atoms with Gasteiger partial charge >= 0.3 is 6.09 Å². The molecule has 4 heteroatoms. The zero-order chi connectivity index (χ0) is 17.5. The average molecular weight is 348 g/mol. The first-order chi connectivity index (χ1) is 12.8. The van der Waals surface area contributed by atoms with Gasteiger partial charge in [-0.15, -0.1) is 0 Å². The van der Waals surface area contributed by atoms with Crippen molar-refractivity contribution in [2.24, 2.45) is 5.92 Å². The van der Waals surface area contributed by atoms with Crippen molar-refractivity contribution < 1.29 is 9.53 Å². The summed E-state index contributed by atoms with van der Waals surface area (Å²) >= 11 is 0. The number of hydrogen-bond acceptors (Lipinski definition) is 3. The van der Waals surface area contributed by atoms with Gasteiger partial charge in [0.2, 0.25) is 0 Å². The van der Waals surface area contributed by atoms with Gasteiger partial charge in [0.25, 0.3) is 0 Å². The van der Waals surface area contributed by atoms with E-state index in [1.165, 1.54) is 28.7 Å². The Morgan fingerprint density at radius 2 is 1.73 bits per heavy atom. The van der Waals surface area contributed by atoms with Crippen LogP contribution in [0.25, 0.3) is 11.1 Å². The summed E-state index contributed by atoms with van der Waals surface area (Å²) in [7, 11) is 0. The molecule has 2 aliphatic heterocycles. The third-order valence-corrected chi connectivity index (χ3v) is 6.27. The molecular formula is C22H24N2O2. The van der Waals surface area contributed by atoms with Crippen molar-refractivity contribution in [3.63, 3.8) is 0 Å². The Hall–Kier alpha value is -2.33. The number of rotatable bonds is 2. The summed E-state index contributed by atoms with van der Waals surface area (Å²) in [5, 5.41) is 3.52. The molecule has 4 nitrogen and oxygen atoms in total. The highest BCUT2D eigenvalue weighted by molar-refractivity contribution is 5.79. The van der Waals surface area contributed by atoms with Gasteiger partial charge < -0.3 is 15.0 Å².